The summed E-state index contributed by atoms with van der Waals surface area (Å²) in [5.74, 6) is -0.690. The Labute approximate surface area is 121 Å². The van der Waals surface area contributed by atoms with E-state index in [1.165, 1.54) is 36.0 Å². The summed E-state index contributed by atoms with van der Waals surface area (Å²) in [6, 6.07) is 7.01. The number of aliphatic carboxylic acids is 1. The zero-order valence-electron chi connectivity index (χ0n) is 12.6. The summed E-state index contributed by atoms with van der Waals surface area (Å²) in [6.45, 7) is 6.35. The Kier molecular flexibility index (Phi) is 5.18. The molecule has 0 radical (unpaired) electrons. The van der Waals surface area contributed by atoms with E-state index in [-0.39, 0.29) is 6.42 Å². The van der Waals surface area contributed by atoms with Crippen molar-refractivity contribution in [1.82, 2.24) is 4.90 Å². The summed E-state index contributed by atoms with van der Waals surface area (Å²) in [5.41, 5.74) is 4.17. The monoisotopic (exact) mass is 275 g/mol. The van der Waals surface area contributed by atoms with Crippen LogP contribution in [0, 0.1) is 13.8 Å². The van der Waals surface area contributed by atoms with Gasteiger partial charge in [-0.1, -0.05) is 24.6 Å². The number of piperidine rings is 1. The summed E-state index contributed by atoms with van der Waals surface area (Å²) in [7, 11) is 0. The summed E-state index contributed by atoms with van der Waals surface area (Å²) < 4.78 is 0. The van der Waals surface area contributed by atoms with Crippen LogP contribution in [0.5, 0.6) is 0 Å². The molecule has 2 rings (SSSR count). The third kappa shape index (κ3) is 3.60. The molecule has 0 amide bonds. The van der Waals surface area contributed by atoms with Crippen LogP contribution >= 0.6 is 0 Å². The summed E-state index contributed by atoms with van der Waals surface area (Å²) >= 11 is 0. The van der Waals surface area contributed by atoms with Crippen LogP contribution in [-0.4, -0.2) is 29.1 Å². The highest BCUT2D eigenvalue weighted by Crippen LogP contribution is 2.33. The number of carboxylic acid groups (broad SMARTS) is 1. The van der Waals surface area contributed by atoms with Crippen LogP contribution in [-0.2, 0) is 4.79 Å². The highest BCUT2D eigenvalue weighted by atomic mass is 16.4. The molecule has 1 unspecified atom stereocenters. The molecular weight excluding hydrogens is 250 g/mol. The van der Waals surface area contributed by atoms with Gasteiger partial charge in [0.1, 0.15) is 0 Å². The Hall–Kier alpha value is -1.35. The lowest BCUT2D eigenvalue weighted by atomic mass is 9.90. The molecule has 1 aromatic rings. The molecule has 1 heterocycles. The molecule has 1 atom stereocenters. The normalized spacial score (nSPS) is 20.0. The van der Waals surface area contributed by atoms with Crippen molar-refractivity contribution in [3.05, 3.63) is 34.9 Å². The standard InChI is InChI=1S/C17H25NO2/c1-13-7-5-8-15(14(13)2)16-9-3-4-11-18(16)12-6-10-17(19)20/h5,7-8,16H,3-4,6,9-12H2,1-2H3,(H,19,20). The highest BCUT2D eigenvalue weighted by molar-refractivity contribution is 5.66. The van der Waals surface area contributed by atoms with Crippen LogP contribution in [0.3, 0.4) is 0 Å². The number of benzene rings is 1. The average Bonchev–Trinajstić information content (AvgIpc) is 2.42. The predicted octanol–water partition coefficient (Wildman–Crippen LogP) is 3.70. The van der Waals surface area contributed by atoms with E-state index in [1.54, 1.807) is 0 Å². The second kappa shape index (κ2) is 6.89. The lowest BCUT2D eigenvalue weighted by molar-refractivity contribution is -0.137. The van der Waals surface area contributed by atoms with E-state index in [0.717, 1.165) is 19.5 Å². The van der Waals surface area contributed by atoms with E-state index in [1.807, 2.05) is 0 Å². The molecule has 0 saturated carbocycles. The lowest BCUT2D eigenvalue weighted by Gasteiger charge is -2.37. The SMILES string of the molecule is Cc1cccc(C2CCCCN2CCCC(=O)O)c1C. The third-order valence-corrected chi connectivity index (χ3v) is 4.46. The molecule has 1 aliphatic heterocycles. The number of likely N-dealkylation sites (tertiary alicyclic amines) is 1. The van der Waals surface area contributed by atoms with Gasteiger partial charge >= 0.3 is 5.97 Å². The second-order valence-corrected chi connectivity index (χ2v) is 5.83. The van der Waals surface area contributed by atoms with Crippen LogP contribution < -0.4 is 0 Å². The molecule has 110 valence electrons. The average molecular weight is 275 g/mol. The topological polar surface area (TPSA) is 40.5 Å². The zero-order chi connectivity index (χ0) is 14.5. The van der Waals surface area contributed by atoms with Crippen molar-refractivity contribution in [2.45, 2.75) is 52.0 Å². The summed E-state index contributed by atoms with van der Waals surface area (Å²) in [6.07, 6.45) is 4.71. The molecule has 1 aliphatic rings. The fourth-order valence-corrected chi connectivity index (χ4v) is 3.18. The molecule has 1 aromatic carbocycles. The van der Waals surface area contributed by atoms with Crippen molar-refractivity contribution in [2.24, 2.45) is 0 Å². The summed E-state index contributed by atoms with van der Waals surface area (Å²) in [4.78, 5) is 13.2. The van der Waals surface area contributed by atoms with Gasteiger partial charge in [-0.2, -0.15) is 0 Å². The van der Waals surface area contributed by atoms with Crippen LogP contribution in [0.1, 0.15) is 54.8 Å². The Morgan fingerprint density at radius 1 is 1.35 bits per heavy atom. The Morgan fingerprint density at radius 3 is 2.90 bits per heavy atom. The van der Waals surface area contributed by atoms with Gasteiger partial charge < -0.3 is 5.11 Å². The molecule has 1 N–H and O–H groups in total. The van der Waals surface area contributed by atoms with Crippen LogP contribution in [0.25, 0.3) is 0 Å². The number of carboxylic acids is 1. The molecule has 0 aromatic heterocycles. The van der Waals surface area contributed by atoms with Gasteiger partial charge in [0.2, 0.25) is 0 Å². The maximum atomic E-state index is 10.7. The minimum Gasteiger partial charge on any atom is -0.481 e. The van der Waals surface area contributed by atoms with Gasteiger partial charge in [0, 0.05) is 12.5 Å². The Balaban J connectivity index is 2.10. The maximum Gasteiger partial charge on any atom is 0.303 e. The van der Waals surface area contributed by atoms with Gasteiger partial charge in [-0.3, -0.25) is 9.69 Å². The van der Waals surface area contributed by atoms with Crippen molar-refractivity contribution in [2.75, 3.05) is 13.1 Å². The molecule has 0 spiro atoms. The predicted molar refractivity (Wildman–Crippen MR) is 81.0 cm³/mol. The molecule has 0 bridgehead atoms. The van der Waals surface area contributed by atoms with E-state index >= 15 is 0 Å². The van der Waals surface area contributed by atoms with Crippen molar-refractivity contribution in [3.63, 3.8) is 0 Å². The van der Waals surface area contributed by atoms with Crippen LogP contribution in [0.4, 0.5) is 0 Å². The highest BCUT2D eigenvalue weighted by Gasteiger charge is 2.25. The number of hydrogen-bond acceptors (Lipinski definition) is 2. The fraction of sp³-hybridized carbons (Fsp3) is 0.588. The minimum atomic E-state index is -0.690. The first-order valence-electron chi connectivity index (χ1n) is 7.61. The van der Waals surface area contributed by atoms with E-state index in [0.29, 0.717) is 6.04 Å². The number of hydrogen-bond donors (Lipinski definition) is 1. The van der Waals surface area contributed by atoms with E-state index < -0.39 is 5.97 Å². The number of carbonyl (C=O) groups is 1. The number of aryl methyl sites for hydroxylation is 1. The molecule has 3 heteroatoms. The second-order valence-electron chi connectivity index (χ2n) is 5.83. The summed E-state index contributed by atoms with van der Waals surface area (Å²) in [5, 5.41) is 8.79. The van der Waals surface area contributed by atoms with Crippen molar-refractivity contribution >= 4 is 5.97 Å². The van der Waals surface area contributed by atoms with Crippen molar-refractivity contribution < 1.29 is 9.90 Å². The first kappa shape index (κ1) is 15.0. The zero-order valence-corrected chi connectivity index (χ0v) is 12.6. The molecule has 0 aliphatic carbocycles. The fourth-order valence-electron chi connectivity index (χ4n) is 3.18. The first-order chi connectivity index (χ1) is 9.59. The molecule has 1 fully saturated rings. The Morgan fingerprint density at radius 2 is 2.15 bits per heavy atom. The Bertz CT molecular complexity index is 470. The number of rotatable bonds is 5. The molecule has 1 saturated heterocycles. The number of nitrogens with zero attached hydrogens (tertiary/aromatic N) is 1. The van der Waals surface area contributed by atoms with Gasteiger partial charge in [0.15, 0.2) is 0 Å². The largest absolute Gasteiger partial charge is 0.481 e. The van der Waals surface area contributed by atoms with Gasteiger partial charge in [0.25, 0.3) is 0 Å². The molecular formula is C17H25NO2. The van der Waals surface area contributed by atoms with Crippen molar-refractivity contribution in [1.29, 1.82) is 0 Å². The minimum absolute atomic E-state index is 0.274. The van der Waals surface area contributed by atoms with Crippen LogP contribution in [0.2, 0.25) is 0 Å². The van der Waals surface area contributed by atoms with Gasteiger partial charge in [-0.05, 0) is 62.9 Å². The van der Waals surface area contributed by atoms with Gasteiger partial charge in [0.05, 0.1) is 0 Å². The van der Waals surface area contributed by atoms with E-state index in [9.17, 15) is 4.79 Å². The smallest absolute Gasteiger partial charge is 0.303 e. The molecule has 20 heavy (non-hydrogen) atoms. The quantitative estimate of drug-likeness (QED) is 0.891. The first-order valence-corrected chi connectivity index (χ1v) is 7.61. The molecule has 3 nitrogen and oxygen atoms in total. The van der Waals surface area contributed by atoms with Crippen molar-refractivity contribution in [3.8, 4) is 0 Å². The van der Waals surface area contributed by atoms with E-state index in [2.05, 4.69) is 36.9 Å². The van der Waals surface area contributed by atoms with E-state index in [4.69, 9.17) is 5.11 Å². The van der Waals surface area contributed by atoms with Gasteiger partial charge in [-0.25, -0.2) is 0 Å². The maximum absolute atomic E-state index is 10.7. The third-order valence-electron chi connectivity index (χ3n) is 4.46. The lowest BCUT2D eigenvalue weighted by Crippen LogP contribution is -2.34. The van der Waals surface area contributed by atoms with Gasteiger partial charge in [-0.15, -0.1) is 0 Å². The van der Waals surface area contributed by atoms with Crippen LogP contribution in [0.15, 0.2) is 18.2 Å².